The third-order valence-electron chi connectivity index (χ3n) is 5.72. The number of benzene rings is 1. The van der Waals surface area contributed by atoms with E-state index < -0.39 is 5.76 Å². The zero-order valence-electron chi connectivity index (χ0n) is 18.1. The summed E-state index contributed by atoms with van der Waals surface area (Å²) in [5, 5.41) is 0. The fourth-order valence-electron chi connectivity index (χ4n) is 3.96. The number of morpholine rings is 1. The molecule has 1 fully saturated rings. The molecule has 1 aliphatic heterocycles. The van der Waals surface area contributed by atoms with E-state index in [1.165, 1.54) is 4.57 Å². The molecular formula is C24H23N5O4. The highest BCUT2D eigenvalue weighted by Crippen LogP contribution is 2.25. The molecule has 0 saturated carbocycles. The van der Waals surface area contributed by atoms with Crippen LogP contribution in [0.15, 0.2) is 63.9 Å². The Bertz CT molecular complexity index is 1380. The van der Waals surface area contributed by atoms with Gasteiger partial charge in [0.25, 0.3) is 0 Å². The summed E-state index contributed by atoms with van der Waals surface area (Å²) in [6, 6.07) is 14.7. The third kappa shape index (κ3) is 4.22. The first-order chi connectivity index (χ1) is 16.0. The van der Waals surface area contributed by atoms with Gasteiger partial charge in [-0.05, 0) is 48.9 Å². The number of anilines is 1. The average molecular weight is 445 g/mol. The van der Waals surface area contributed by atoms with Crippen LogP contribution in [0.25, 0.3) is 22.4 Å². The van der Waals surface area contributed by atoms with Crippen molar-refractivity contribution in [2.75, 3.05) is 25.4 Å². The number of pyridine rings is 2. The molecule has 0 spiro atoms. The first kappa shape index (κ1) is 20.9. The van der Waals surface area contributed by atoms with Gasteiger partial charge in [0.1, 0.15) is 18.5 Å². The quantitative estimate of drug-likeness (QED) is 0.513. The minimum atomic E-state index is -0.541. The summed E-state index contributed by atoms with van der Waals surface area (Å²) in [5.41, 5.74) is 10.1. The molecule has 3 aromatic heterocycles. The lowest BCUT2D eigenvalue weighted by molar-refractivity contribution is -0.139. The monoisotopic (exact) mass is 445 g/mol. The van der Waals surface area contributed by atoms with Crippen LogP contribution in [0.3, 0.4) is 0 Å². The first-order valence-corrected chi connectivity index (χ1v) is 10.7. The lowest BCUT2D eigenvalue weighted by atomic mass is 10.1. The third-order valence-corrected chi connectivity index (χ3v) is 5.72. The van der Waals surface area contributed by atoms with E-state index in [0.717, 1.165) is 22.5 Å². The number of rotatable bonds is 4. The Labute approximate surface area is 189 Å². The molecule has 1 saturated heterocycles. The van der Waals surface area contributed by atoms with E-state index in [9.17, 15) is 9.59 Å². The zero-order chi connectivity index (χ0) is 22.9. The van der Waals surface area contributed by atoms with Crippen LogP contribution in [0, 0.1) is 6.92 Å². The van der Waals surface area contributed by atoms with Crippen LogP contribution in [0.5, 0.6) is 0 Å². The number of aromatic nitrogens is 3. The summed E-state index contributed by atoms with van der Waals surface area (Å²) < 4.78 is 12.6. The number of nitrogens with two attached hydrogens (primary N) is 1. The Morgan fingerprint density at radius 1 is 1.21 bits per heavy atom. The van der Waals surface area contributed by atoms with Gasteiger partial charge in [-0.3, -0.25) is 9.36 Å². The van der Waals surface area contributed by atoms with Crippen molar-refractivity contribution in [2.24, 2.45) is 0 Å². The lowest BCUT2D eigenvalue weighted by Gasteiger charge is -2.32. The summed E-state index contributed by atoms with van der Waals surface area (Å²) in [7, 11) is 0. The van der Waals surface area contributed by atoms with E-state index in [4.69, 9.17) is 19.9 Å². The van der Waals surface area contributed by atoms with E-state index in [1.807, 2.05) is 43.3 Å². The fourth-order valence-corrected chi connectivity index (χ4v) is 3.96. The summed E-state index contributed by atoms with van der Waals surface area (Å²) in [6.45, 7) is 3.01. The van der Waals surface area contributed by atoms with Crippen molar-refractivity contribution in [3.63, 3.8) is 0 Å². The van der Waals surface area contributed by atoms with E-state index in [2.05, 4.69) is 4.98 Å². The van der Waals surface area contributed by atoms with Gasteiger partial charge >= 0.3 is 5.76 Å². The molecule has 1 atom stereocenters. The van der Waals surface area contributed by atoms with Crippen LogP contribution in [0.4, 0.5) is 5.82 Å². The fraction of sp³-hybridized carbons (Fsp3) is 0.250. The van der Waals surface area contributed by atoms with Gasteiger partial charge in [-0.1, -0.05) is 12.1 Å². The molecule has 1 aromatic carbocycles. The molecule has 0 bridgehead atoms. The number of amides is 1. The highest BCUT2D eigenvalue weighted by molar-refractivity contribution is 5.80. The molecule has 0 aliphatic carbocycles. The van der Waals surface area contributed by atoms with Crippen molar-refractivity contribution in [3.05, 3.63) is 76.5 Å². The number of aryl methyl sites for hydroxylation is 1. The predicted octanol–water partition coefficient (Wildman–Crippen LogP) is 2.54. The van der Waals surface area contributed by atoms with Crippen LogP contribution in [0.1, 0.15) is 17.4 Å². The molecule has 1 aliphatic rings. The molecule has 0 unspecified atom stereocenters. The minimum Gasteiger partial charge on any atom is -0.408 e. The minimum absolute atomic E-state index is 0.0907. The SMILES string of the molecule is Cc1ccc2oc(=O)n(CC(=O)N3CCO[C@@H](c4cccc(-c5ccc(N)nc5)n4)C3)c2c1. The molecule has 4 heterocycles. The van der Waals surface area contributed by atoms with Crippen molar-refractivity contribution in [2.45, 2.75) is 19.6 Å². The van der Waals surface area contributed by atoms with Crippen LogP contribution in [-0.2, 0) is 16.1 Å². The summed E-state index contributed by atoms with van der Waals surface area (Å²) in [4.78, 5) is 35.9. The maximum absolute atomic E-state index is 13.1. The van der Waals surface area contributed by atoms with Gasteiger partial charge in [0.2, 0.25) is 5.91 Å². The number of fused-ring (bicyclic) bond motifs is 1. The molecule has 5 rings (SSSR count). The van der Waals surface area contributed by atoms with Crippen molar-refractivity contribution >= 4 is 22.8 Å². The van der Waals surface area contributed by atoms with Crippen molar-refractivity contribution in [3.8, 4) is 11.3 Å². The van der Waals surface area contributed by atoms with Crippen LogP contribution in [-0.4, -0.2) is 45.0 Å². The lowest BCUT2D eigenvalue weighted by Crippen LogP contribution is -2.44. The number of nitrogens with zero attached hydrogens (tertiary/aromatic N) is 4. The van der Waals surface area contributed by atoms with Gasteiger partial charge in [-0.2, -0.15) is 0 Å². The van der Waals surface area contributed by atoms with Gasteiger partial charge < -0.3 is 19.8 Å². The van der Waals surface area contributed by atoms with Crippen molar-refractivity contribution < 1.29 is 13.9 Å². The van der Waals surface area contributed by atoms with Crippen molar-refractivity contribution in [1.82, 2.24) is 19.4 Å². The van der Waals surface area contributed by atoms with E-state index in [1.54, 1.807) is 23.2 Å². The highest BCUT2D eigenvalue weighted by Gasteiger charge is 2.27. The predicted molar refractivity (Wildman–Crippen MR) is 122 cm³/mol. The van der Waals surface area contributed by atoms with Gasteiger partial charge in [0.15, 0.2) is 5.58 Å². The second kappa shape index (κ2) is 8.51. The largest absolute Gasteiger partial charge is 0.420 e. The molecule has 0 radical (unpaired) electrons. The number of ether oxygens (including phenoxy) is 1. The van der Waals surface area contributed by atoms with Gasteiger partial charge in [0, 0.05) is 18.3 Å². The Balaban J connectivity index is 1.34. The Hall–Kier alpha value is -3.98. The smallest absolute Gasteiger partial charge is 0.408 e. The number of hydrogen-bond acceptors (Lipinski definition) is 7. The Kier molecular flexibility index (Phi) is 5.39. The number of oxazole rings is 1. The van der Waals surface area contributed by atoms with Crippen LogP contribution < -0.4 is 11.5 Å². The Morgan fingerprint density at radius 3 is 2.91 bits per heavy atom. The molecule has 168 valence electrons. The van der Waals surface area contributed by atoms with E-state index in [-0.39, 0.29) is 18.6 Å². The zero-order valence-corrected chi connectivity index (χ0v) is 18.1. The topological polar surface area (TPSA) is 116 Å². The first-order valence-electron chi connectivity index (χ1n) is 10.7. The second-order valence-electron chi connectivity index (χ2n) is 8.04. The van der Waals surface area contributed by atoms with Gasteiger partial charge in [-0.25, -0.2) is 14.8 Å². The van der Waals surface area contributed by atoms with Gasteiger partial charge in [-0.15, -0.1) is 0 Å². The molecule has 1 amide bonds. The molecular weight excluding hydrogens is 422 g/mol. The Morgan fingerprint density at radius 2 is 2.09 bits per heavy atom. The summed E-state index contributed by atoms with van der Waals surface area (Å²) >= 11 is 0. The maximum Gasteiger partial charge on any atom is 0.420 e. The molecule has 2 N–H and O–H groups in total. The van der Waals surface area contributed by atoms with Crippen molar-refractivity contribution in [1.29, 1.82) is 0 Å². The van der Waals surface area contributed by atoms with Crippen LogP contribution in [0.2, 0.25) is 0 Å². The number of carbonyl (C=O) groups is 1. The maximum atomic E-state index is 13.1. The summed E-state index contributed by atoms with van der Waals surface area (Å²) in [5.74, 6) is -0.270. The second-order valence-corrected chi connectivity index (χ2v) is 8.04. The van der Waals surface area contributed by atoms with E-state index in [0.29, 0.717) is 36.6 Å². The molecule has 9 heteroatoms. The molecule has 9 nitrogen and oxygen atoms in total. The average Bonchev–Trinajstić information content (AvgIpc) is 3.14. The highest BCUT2D eigenvalue weighted by atomic mass is 16.5. The van der Waals surface area contributed by atoms with Gasteiger partial charge in [0.05, 0.1) is 30.1 Å². The number of hydrogen-bond donors (Lipinski definition) is 1. The van der Waals surface area contributed by atoms with E-state index >= 15 is 0 Å². The number of carbonyl (C=O) groups excluding carboxylic acids is 1. The number of nitrogen functional groups attached to an aromatic ring is 1. The summed E-state index contributed by atoms with van der Waals surface area (Å²) in [6.07, 6.45) is 1.30. The standard InChI is InChI=1S/C24H23N5O4/c1-15-5-7-20-19(11-15)29(24(31)33-20)14-23(30)28-9-10-32-21(13-28)18-4-2-3-17(27-18)16-6-8-22(25)26-12-16/h2-8,11-12,21H,9-10,13-14H2,1H3,(H2,25,26)/t21-/m1/s1. The van der Waals surface area contributed by atoms with Crippen LogP contribution >= 0.6 is 0 Å². The molecule has 4 aromatic rings. The molecule has 33 heavy (non-hydrogen) atoms. The normalized spacial score (nSPS) is 16.3.